The minimum atomic E-state index is 0.845. The molecule has 0 atom stereocenters. The fourth-order valence-electron chi connectivity index (χ4n) is 1.68. The molecular weight excluding hydrogens is 174 g/mol. The third kappa shape index (κ3) is 1.43. The second-order valence-electron chi connectivity index (χ2n) is 3.31. The Morgan fingerprint density at radius 3 is 2.86 bits per heavy atom. The second kappa shape index (κ2) is 3.66. The van der Waals surface area contributed by atoms with Crippen molar-refractivity contribution >= 4 is 0 Å². The Morgan fingerprint density at radius 2 is 2.21 bits per heavy atom. The van der Waals surface area contributed by atoms with Crippen LogP contribution in [0.3, 0.4) is 0 Å². The first kappa shape index (κ1) is 9.00. The van der Waals surface area contributed by atoms with E-state index in [0.717, 1.165) is 17.7 Å². The molecule has 0 fully saturated rings. The van der Waals surface area contributed by atoms with Crippen molar-refractivity contribution < 1.29 is 4.42 Å². The molecule has 0 radical (unpaired) electrons. The molecule has 0 aliphatic carbocycles. The van der Waals surface area contributed by atoms with Crippen molar-refractivity contribution in [3.8, 4) is 11.3 Å². The Labute approximate surface area is 83.6 Å². The van der Waals surface area contributed by atoms with E-state index in [-0.39, 0.29) is 0 Å². The van der Waals surface area contributed by atoms with Crippen molar-refractivity contribution in [2.24, 2.45) is 0 Å². The van der Waals surface area contributed by atoms with E-state index in [9.17, 15) is 0 Å². The molecule has 1 aromatic heterocycles. The molecule has 2 heteroatoms. The van der Waals surface area contributed by atoms with Crippen molar-refractivity contribution in [2.75, 3.05) is 0 Å². The van der Waals surface area contributed by atoms with Gasteiger partial charge in [-0.25, -0.2) is 4.98 Å². The van der Waals surface area contributed by atoms with Crippen LogP contribution in [0.5, 0.6) is 0 Å². The van der Waals surface area contributed by atoms with Crippen LogP contribution in [-0.2, 0) is 6.42 Å². The van der Waals surface area contributed by atoms with E-state index in [1.54, 1.807) is 6.20 Å². The maximum Gasteiger partial charge on any atom is 0.181 e. The number of oxazole rings is 1. The normalized spacial score (nSPS) is 10.4. The summed E-state index contributed by atoms with van der Waals surface area (Å²) in [7, 11) is 0. The van der Waals surface area contributed by atoms with Gasteiger partial charge in [-0.2, -0.15) is 0 Å². The lowest BCUT2D eigenvalue weighted by atomic mass is 9.99. The number of rotatable bonds is 2. The fraction of sp³-hybridized carbons (Fsp3) is 0.250. The molecule has 0 unspecified atom stereocenters. The van der Waals surface area contributed by atoms with Gasteiger partial charge in [0, 0.05) is 5.56 Å². The van der Waals surface area contributed by atoms with Gasteiger partial charge in [0.15, 0.2) is 12.2 Å². The minimum Gasteiger partial charge on any atom is -0.444 e. The Kier molecular flexibility index (Phi) is 2.35. The molecule has 0 bridgehead atoms. The van der Waals surface area contributed by atoms with Crippen LogP contribution in [0, 0.1) is 6.92 Å². The van der Waals surface area contributed by atoms with E-state index in [0.29, 0.717) is 0 Å². The highest BCUT2D eigenvalue weighted by atomic mass is 16.3. The predicted molar refractivity (Wildman–Crippen MR) is 56.1 cm³/mol. The van der Waals surface area contributed by atoms with Crippen LogP contribution in [0.4, 0.5) is 0 Å². The summed E-state index contributed by atoms with van der Waals surface area (Å²) in [5.74, 6) is 0.845. The highest BCUT2D eigenvalue weighted by Gasteiger charge is 2.06. The topological polar surface area (TPSA) is 26.0 Å². The third-order valence-electron chi connectivity index (χ3n) is 2.52. The van der Waals surface area contributed by atoms with Crippen molar-refractivity contribution in [3.05, 3.63) is 41.9 Å². The molecule has 1 aromatic carbocycles. The fourth-order valence-corrected chi connectivity index (χ4v) is 1.68. The number of aromatic nitrogens is 1. The molecule has 1 heterocycles. The second-order valence-corrected chi connectivity index (χ2v) is 3.31. The van der Waals surface area contributed by atoms with Gasteiger partial charge >= 0.3 is 0 Å². The van der Waals surface area contributed by atoms with Crippen LogP contribution in [0.25, 0.3) is 11.3 Å². The van der Waals surface area contributed by atoms with Gasteiger partial charge < -0.3 is 4.42 Å². The number of aryl methyl sites for hydroxylation is 1. The highest BCUT2D eigenvalue weighted by molar-refractivity contribution is 5.62. The third-order valence-corrected chi connectivity index (χ3v) is 2.52. The van der Waals surface area contributed by atoms with Gasteiger partial charge in [-0.15, -0.1) is 0 Å². The Hall–Kier alpha value is -1.57. The molecule has 14 heavy (non-hydrogen) atoms. The predicted octanol–water partition coefficient (Wildman–Crippen LogP) is 3.21. The summed E-state index contributed by atoms with van der Waals surface area (Å²) in [6.07, 6.45) is 4.27. The van der Waals surface area contributed by atoms with E-state index in [4.69, 9.17) is 4.42 Å². The van der Waals surface area contributed by atoms with Gasteiger partial charge in [0.25, 0.3) is 0 Å². The van der Waals surface area contributed by atoms with Crippen molar-refractivity contribution in [1.29, 1.82) is 0 Å². The molecule has 72 valence electrons. The summed E-state index contributed by atoms with van der Waals surface area (Å²) in [4.78, 5) is 3.93. The summed E-state index contributed by atoms with van der Waals surface area (Å²) in [6.45, 7) is 4.28. The molecule has 0 saturated heterocycles. The van der Waals surface area contributed by atoms with E-state index in [1.165, 1.54) is 17.5 Å². The molecule has 2 rings (SSSR count). The first-order valence-corrected chi connectivity index (χ1v) is 4.80. The zero-order valence-electron chi connectivity index (χ0n) is 8.45. The molecule has 0 saturated carbocycles. The number of benzene rings is 1. The Bertz CT molecular complexity index is 418. The average molecular weight is 187 g/mol. The van der Waals surface area contributed by atoms with Gasteiger partial charge in [-0.05, 0) is 24.5 Å². The standard InChI is InChI=1S/C12H13NO/c1-3-10-5-4-6-11(9(10)2)12-7-13-8-14-12/h4-8H,3H2,1-2H3. The number of nitrogens with zero attached hydrogens (tertiary/aromatic N) is 1. The van der Waals surface area contributed by atoms with Gasteiger partial charge in [-0.3, -0.25) is 0 Å². The smallest absolute Gasteiger partial charge is 0.181 e. The first-order valence-electron chi connectivity index (χ1n) is 4.80. The molecule has 0 amide bonds. The number of hydrogen-bond donors (Lipinski definition) is 0. The van der Waals surface area contributed by atoms with E-state index >= 15 is 0 Å². The molecule has 0 N–H and O–H groups in total. The Morgan fingerprint density at radius 1 is 1.36 bits per heavy atom. The first-order chi connectivity index (χ1) is 6.83. The maximum absolute atomic E-state index is 5.29. The summed E-state index contributed by atoms with van der Waals surface area (Å²) in [6, 6.07) is 6.27. The van der Waals surface area contributed by atoms with Crippen LogP contribution in [0.15, 0.2) is 35.2 Å². The summed E-state index contributed by atoms with van der Waals surface area (Å²) in [5.41, 5.74) is 3.78. The zero-order valence-corrected chi connectivity index (χ0v) is 8.45. The lowest BCUT2D eigenvalue weighted by Gasteiger charge is -2.06. The lowest BCUT2D eigenvalue weighted by molar-refractivity contribution is 0.571. The highest BCUT2D eigenvalue weighted by Crippen LogP contribution is 2.25. The maximum atomic E-state index is 5.29. The molecule has 2 aromatic rings. The quantitative estimate of drug-likeness (QED) is 0.721. The molecule has 0 aliphatic heterocycles. The average Bonchev–Trinajstić information content (AvgIpc) is 2.71. The lowest BCUT2D eigenvalue weighted by Crippen LogP contribution is -1.89. The van der Waals surface area contributed by atoms with Gasteiger partial charge in [0.1, 0.15) is 0 Å². The van der Waals surface area contributed by atoms with Crippen LogP contribution in [0.1, 0.15) is 18.1 Å². The Balaban J connectivity index is 2.54. The monoisotopic (exact) mass is 187 g/mol. The van der Waals surface area contributed by atoms with Gasteiger partial charge in [0.2, 0.25) is 0 Å². The van der Waals surface area contributed by atoms with Crippen LogP contribution in [-0.4, -0.2) is 4.98 Å². The van der Waals surface area contributed by atoms with Gasteiger partial charge in [-0.1, -0.05) is 25.1 Å². The van der Waals surface area contributed by atoms with E-state index < -0.39 is 0 Å². The summed E-state index contributed by atoms with van der Waals surface area (Å²) < 4.78 is 5.29. The van der Waals surface area contributed by atoms with Crippen LogP contribution < -0.4 is 0 Å². The SMILES string of the molecule is CCc1cccc(-c2cnco2)c1C. The van der Waals surface area contributed by atoms with Crippen molar-refractivity contribution in [3.63, 3.8) is 0 Å². The molecule has 0 spiro atoms. The zero-order chi connectivity index (χ0) is 9.97. The molecular formula is C12H13NO. The van der Waals surface area contributed by atoms with Crippen LogP contribution >= 0.6 is 0 Å². The largest absolute Gasteiger partial charge is 0.444 e. The summed E-state index contributed by atoms with van der Waals surface area (Å²) >= 11 is 0. The molecule has 0 aliphatic rings. The molecule has 2 nitrogen and oxygen atoms in total. The van der Waals surface area contributed by atoms with Gasteiger partial charge in [0.05, 0.1) is 6.20 Å². The summed E-state index contributed by atoms with van der Waals surface area (Å²) in [5, 5.41) is 0. The minimum absolute atomic E-state index is 0.845. The van der Waals surface area contributed by atoms with E-state index in [2.05, 4.69) is 37.0 Å². The van der Waals surface area contributed by atoms with E-state index in [1.807, 2.05) is 0 Å². The van der Waals surface area contributed by atoms with Crippen LogP contribution in [0.2, 0.25) is 0 Å². The van der Waals surface area contributed by atoms with Crippen molar-refractivity contribution in [2.45, 2.75) is 20.3 Å². The number of hydrogen-bond acceptors (Lipinski definition) is 2. The van der Waals surface area contributed by atoms with Crippen molar-refractivity contribution in [1.82, 2.24) is 4.98 Å².